The first-order chi connectivity index (χ1) is 8.74. The Labute approximate surface area is 114 Å². The molecule has 2 fully saturated rings. The number of likely N-dealkylation sites (tertiary alicyclic amines) is 1. The molecule has 1 saturated heterocycles. The van der Waals surface area contributed by atoms with Crippen LogP contribution in [0.4, 0.5) is 0 Å². The van der Waals surface area contributed by atoms with Gasteiger partial charge in [-0.1, -0.05) is 27.2 Å². The number of nitrogens with one attached hydrogen (secondary N) is 1. The highest BCUT2D eigenvalue weighted by Crippen LogP contribution is 2.32. The standard InChI is InChI=1S/C16H32N2/c1-4-6-14-9-10-18(12-14)16-11-13(3)7-8-15(16)17-5-2/h13-17H,4-12H2,1-3H3. The fraction of sp³-hybridized carbons (Fsp3) is 1.00. The van der Waals surface area contributed by atoms with Crippen LogP contribution in [-0.4, -0.2) is 36.6 Å². The second-order valence-electron chi connectivity index (χ2n) is 6.59. The molecule has 0 amide bonds. The van der Waals surface area contributed by atoms with Crippen LogP contribution in [-0.2, 0) is 0 Å². The summed E-state index contributed by atoms with van der Waals surface area (Å²) in [6.07, 6.45) is 8.45. The molecule has 0 aromatic heterocycles. The van der Waals surface area contributed by atoms with Crippen LogP contribution in [0, 0.1) is 11.8 Å². The van der Waals surface area contributed by atoms with Crippen LogP contribution >= 0.6 is 0 Å². The van der Waals surface area contributed by atoms with Crippen LogP contribution in [0.25, 0.3) is 0 Å². The minimum absolute atomic E-state index is 0.756. The van der Waals surface area contributed by atoms with Crippen molar-refractivity contribution in [3.05, 3.63) is 0 Å². The quantitative estimate of drug-likeness (QED) is 0.808. The van der Waals surface area contributed by atoms with Gasteiger partial charge in [0.25, 0.3) is 0 Å². The number of likely N-dealkylation sites (N-methyl/N-ethyl adjacent to an activating group) is 1. The van der Waals surface area contributed by atoms with E-state index in [2.05, 4.69) is 31.0 Å². The smallest absolute Gasteiger partial charge is 0.0251 e. The Morgan fingerprint density at radius 3 is 2.72 bits per heavy atom. The fourth-order valence-corrected chi connectivity index (χ4v) is 4.06. The number of nitrogens with zero attached hydrogens (tertiary/aromatic N) is 1. The van der Waals surface area contributed by atoms with Crippen LogP contribution < -0.4 is 5.32 Å². The molecule has 2 heteroatoms. The third kappa shape index (κ3) is 3.48. The minimum atomic E-state index is 0.756. The lowest BCUT2D eigenvalue weighted by molar-refractivity contribution is 0.120. The highest BCUT2D eigenvalue weighted by Gasteiger charge is 2.35. The Hall–Kier alpha value is -0.0800. The van der Waals surface area contributed by atoms with Crippen molar-refractivity contribution >= 4 is 0 Å². The highest BCUT2D eigenvalue weighted by molar-refractivity contribution is 4.93. The Balaban J connectivity index is 1.91. The first kappa shape index (κ1) is 14.3. The number of hydrogen-bond donors (Lipinski definition) is 1. The summed E-state index contributed by atoms with van der Waals surface area (Å²) in [4.78, 5) is 2.81. The van der Waals surface area contributed by atoms with Crippen molar-refractivity contribution in [2.45, 2.75) is 71.4 Å². The van der Waals surface area contributed by atoms with E-state index in [0.717, 1.165) is 30.5 Å². The maximum Gasteiger partial charge on any atom is 0.0251 e. The van der Waals surface area contributed by atoms with E-state index in [-0.39, 0.29) is 0 Å². The molecular weight excluding hydrogens is 220 g/mol. The van der Waals surface area contributed by atoms with E-state index in [0.29, 0.717) is 0 Å². The zero-order chi connectivity index (χ0) is 13.0. The summed E-state index contributed by atoms with van der Waals surface area (Å²) < 4.78 is 0. The summed E-state index contributed by atoms with van der Waals surface area (Å²) in [7, 11) is 0. The normalized spacial score (nSPS) is 38.2. The van der Waals surface area contributed by atoms with E-state index in [4.69, 9.17) is 0 Å². The number of hydrogen-bond acceptors (Lipinski definition) is 2. The van der Waals surface area contributed by atoms with Crippen molar-refractivity contribution < 1.29 is 0 Å². The molecule has 2 aliphatic rings. The third-order valence-electron chi connectivity index (χ3n) is 5.03. The lowest BCUT2D eigenvalue weighted by Gasteiger charge is -2.41. The SMILES string of the molecule is CCCC1CCN(C2CC(C)CCC2NCC)C1. The van der Waals surface area contributed by atoms with Crippen LogP contribution in [0.1, 0.15) is 59.3 Å². The zero-order valence-electron chi connectivity index (χ0n) is 12.6. The minimum Gasteiger partial charge on any atom is -0.313 e. The van der Waals surface area contributed by atoms with Gasteiger partial charge in [0.1, 0.15) is 0 Å². The second-order valence-corrected chi connectivity index (χ2v) is 6.59. The average Bonchev–Trinajstić information content (AvgIpc) is 2.81. The second kappa shape index (κ2) is 6.91. The molecule has 4 atom stereocenters. The van der Waals surface area contributed by atoms with Gasteiger partial charge in [-0.25, -0.2) is 0 Å². The maximum absolute atomic E-state index is 3.74. The molecule has 0 aromatic rings. The molecular formula is C16H32N2. The summed E-state index contributed by atoms with van der Waals surface area (Å²) in [6.45, 7) is 10.9. The van der Waals surface area contributed by atoms with Gasteiger partial charge in [0, 0.05) is 18.6 Å². The molecule has 18 heavy (non-hydrogen) atoms. The van der Waals surface area contributed by atoms with Crippen molar-refractivity contribution in [2.24, 2.45) is 11.8 Å². The first-order valence-corrected chi connectivity index (χ1v) is 8.22. The van der Waals surface area contributed by atoms with E-state index >= 15 is 0 Å². The van der Waals surface area contributed by atoms with Crippen LogP contribution in [0.5, 0.6) is 0 Å². The van der Waals surface area contributed by atoms with Crippen LogP contribution in [0.2, 0.25) is 0 Å². The monoisotopic (exact) mass is 252 g/mol. The Morgan fingerprint density at radius 1 is 1.17 bits per heavy atom. The van der Waals surface area contributed by atoms with Gasteiger partial charge in [-0.3, -0.25) is 4.90 Å². The van der Waals surface area contributed by atoms with Crippen molar-refractivity contribution in [1.29, 1.82) is 0 Å². The molecule has 1 heterocycles. The maximum atomic E-state index is 3.74. The van der Waals surface area contributed by atoms with Crippen molar-refractivity contribution in [2.75, 3.05) is 19.6 Å². The van der Waals surface area contributed by atoms with Crippen molar-refractivity contribution in [3.8, 4) is 0 Å². The summed E-state index contributed by atoms with van der Waals surface area (Å²) in [5.74, 6) is 1.91. The molecule has 1 saturated carbocycles. The molecule has 1 aliphatic heterocycles. The molecule has 0 radical (unpaired) electrons. The molecule has 4 unspecified atom stereocenters. The van der Waals surface area contributed by atoms with Crippen LogP contribution in [0.15, 0.2) is 0 Å². The van der Waals surface area contributed by atoms with Gasteiger partial charge in [0.15, 0.2) is 0 Å². The summed E-state index contributed by atoms with van der Waals surface area (Å²) >= 11 is 0. The molecule has 0 spiro atoms. The molecule has 2 rings (SSSR count). The average molecular weight is 252 g/mol. The molecule has 0 bridgehead atoms. The van der Waals surface area contributed by atoms with E-state index in [1.807, 2.05) is 0 Å². The predicted octanol–water partition coefficient (Wildman–Crippen LogP) is 3.28. The van der Waals surface area contributed by atoms with Crippen molar-refractivity contribution in [1.82, 2.24) is 10.2 Å². The van der Waals surface area contributed by atoms with Gasteiger partial charge < -0.3 is 5.32 Å². The van der Waals surface area contributed by atoms with Crippen molar-refractivity contribution in [3.63, 3.8) is 0 Å². The lowest BCUT2D eigenvalue weighted by Crippen LogP contribution is -2.52. The van der Waals surface area contributed by atoms with Crippen LogP contribution in [0.3, 0.4) is 0 Å². The summed E-state index contributed by atoms with van der Waals surface area (Å²) in [5, 5.41) is 3.74. The van der Waals surface area contributed by atoms with Gasteiger partial charge in [0.05, 0.1) is 0 Å². The third-order valence-corrected chi connectivity index (χ3v) is 5.03. The summed E-state index contributed by atoms with van der Waals surface area (Å²) in [6, 6.07) is 1.57. The molecule has 106 valence electrons. The lowest BCUT2D eigenvalue weighted by atomic mass is 9.82. The first-order valence-electron chi connectivity index (χ1n) is 8.22. The van der Waals surface area contributed by atoms with E-state index in [9.17, 15) is 0 Å². The summed E-state index contributed by atoms with van der Waals surface area (Å²) in [5.41, 5.74) is 0. The fourth-order valence-electron chi connectivity index (χ4n) is 4.06. The largest absolute Gasteiger partial charge is 0.313 e. The Morgan fingerprint density at radius 2 is 2.00 bits per heavy atom. The zero-order valence-corrected chi connectivity index (χ0v) is 12.6. The molecule has 1 N–H and O–H groups in total. The highest BCUT2D eigenvalue weighted by atomic mass is 15.2. The van der Waals surface area contributed by atoms with Gasteiger partial charge in [-0.15, -0.1) is 0 Å². The van der Waals surface area contributed by atoms with Gasteiger partial charge >= 0.3 is 0 Å². The van der Waals surface area contributed by atoms with Gasteiger partial charge in [-0.2, -0.15) is 0 Å². The number of rotatable bonds is 5. The van der Waals surface area contributed by atoms with E-state index in [1.54, 1.807) is 0 Å². The van der Waals surface area contributed by atoms with Gasteiger partial charge in [-0.05, 0) is 57.0 Å². The molecule has 2 nitrogen and oxygen atoms in total. The Kier molecular flexibility index (Phi) is 5.50. The topological polar surface area (TPSA) is 15.3 Å². The van der Waals surface area contributed by atoms with Gasteiger partial charge in [0.2, 0.25) is 0 Å². The van der Waals surface area contributed by atoms with E-state index in [1.165, 1.54) is 51.6 Å². The molecule has 1 aliphatic carbocycles. The van der Waals surface area contributed by atoms with E-state index < -0.39 is 0 Å². The Bertz CT molecular complexity index is 241. The predicted molar refractivity (Wildman–Crippen MR) is 78.9 cm³/mol. The molecule has 0 aromatic carbocycles.